The summed E-state index contributed by atoms with van der Waals surface area (Å²) in [6.45, 7) is 0.790. The van der Waals surface area contributed by atoms with E-state index in [0.29, 0.717) is 5.95 Å². The van der Waals surface area contributed by atoms with E-state index in [1.165, 1.54) is 5.69 Å². The van der Waals surface area contributed by atoms with Gasteiger partial charge >= 0.3 is 0 Å². The molecule has 2 heterocycles. The van der Waals surface area contributed by atoms with Crippen LogP contribution in [-0.4, -0.2) is 26.3 Å². The fraction of sp³-hybridized carbons (Fsp3) is 0.214. The van der Waals surface area contributed by atoms with Crippen molar-refractivity contribution in [2.24, 2.45) is 7.05 Å². The van der Waals surface area contributed by atoms with E-state index in [9.17, 15) is 0 Å². The van der Waals surface area contributed by atoms with Crippen LogP contribution in [0.5, 0.6) is 0 Å². The van der Waals surface area contributed by atoms with Crippen LogP contribution in [0.25, 0.3) is 10.9 Å². The molecule has 0 amide bonds. The number of hydrogen-bond donors (Lipinski definition) is 1. The Balaban J connectivity index is 1.67. The average Bonchev–Trinajstić information content (AvgIpc) is 2.84. The minimum Gasteiger partial charge on any atom is -0.354 e. The molecule has 0 saturated heterocycles. The Bertz CT molecular complexity index is 689. The predicted molar refractivity (Wildman–Crippen MR) is 74.9 cm³/mol. The first-order valence-corrected chi connectivity index (χ1v) is 6.25. The van der Waals surface area contributed by atoms with Gasteiger partial charge in [0.15, 0.2) is 0 Å². The minimum absolute atomic E-state index is 0.667. The normalized spacial score (nSPS) is 10.8. The van der Waals surface area contributed by atoms with E-state index in [4.69, 9.17) is 0 Å². The van der Waals surface area contributed by atoms with E-state index in [2.05, 4.69) is 20.4 Å². The van der Waals surface area contributed by atoms with E-state index in [1.807, 2.05) is 54.5 Å². The topological polar surface area (TPSA) is 55.6 Å². The van der Waals surface area contributed by atoms with Crippen LogP contribution in [-0.2, 0) is 13.5 Å². The maximum Gasteiger partial charge on any atom is 0.223 e. The Hall–Kier alpha value is -2.43. The van der Waals surface area contributed by atoms with Crippen molar-refractivity contribution >= 4 is 16.9 Å². The fourth-order valence-corrected chi connectivity index (χ4v) is 2.01. The number of nitrogens with one attached hydrogen (secondary N) is 1. The first-order chi connectivity index (χ1) is 9.33. The van der Waals surface area contributed by atoms with Gasteiger partial charge in [0, 0.05) is 43.5 Å². The molecule has 0 atom stereocenters. The van der Waals surface area contributed by atoms with Gasteiger partial charge in [-0.25, -0.2) is 9.97 Å². The van der Waals surface area contributed by atoms with Gasteiger partial charge in [-0.3, -0.25) is 4.68 Å². The smallest absolute Gasteiger partial charge is 0.223 e. The Morgan fingerprint density at radius 3 is 2.95 bits per heavy atom. The second-order valence-electron chi connectivity index (χ2n) is 4.38. The number of aryl methyl sites for hydroxylation is 1. The van der Waals surface area contributed by atoms with E-state index < -0.39 is 0 Å². The molecule has 3 aromatic rings. The van der Waals surface area contributed by atoms with Gasteiger partial charge in [-0.1, -0.05) is 18.2 Å². The molecule has 96 valence electrons. The van der Waals surface area contributed by atoms with Crippen LogP contribution >= 0.6 is 0 Å². The van der Waals surface area contributed by atoms with E-state index >= 15 is 0 Å². The van der Waals surface area contributed by atoms with Crippen molar-refractivity contribution in [3.63, 3.8) is 0 Å². The summed E-state index contributed by atoms with van der Waals surface area (Å²) in [5, 5.41) is 8.44. The van der Waals surface area contributed by atoms with Crippen LogP contribution in [0, 0.1) is 0 Å². The molecule has 1 N–H and O–H groups in total. The Kier molecular flexibility index (Phi) is 3.10. The van der Waals surface area contributed by atoms with Crippen molar-refractivity contribution in [2.75, 3.05) is 11.9 Å². The van der Waals surface area contributed by atoms with Crippen LogP contribution in [0.1, 0.15) is 5.69 Å². The van der Waals surface area contributed by atoms with Gasteiger partial charge in [0.25, 0.3) is 0 Å². The molecule has 0 aliphatic heterocycles. The second-order valence-corrected chi connectivity index (χ2v) is 4.38. The monoisotopic (exact) mass is 253 g/mol. The highest BCUT2D eigenvalue weighted by Gasteiger charge is 2.01. The van der Waals surface area contributed by atoms with Crippen molar-refractivity contribution < 1.29 is 0 Å². The highest BCUT2D eigenvalue weighted by Crippen LogP contribution is 2.11. The molecule has 0 radical (unpaired) electrons. The zero-order valence-corrected chi connectivity index (χ0v) is 10.7. The van der Waals surface area contributed by atoms with Gasteiger partial charge < -0.3 is 5.32 Å². The molecular formula is C14H15N5. The number of rotatable bonds is 4. The van der Waals surface area contributed by atoms with Crippen molar-refractivity contribution in [3.05, 3.63) is 48.4 Å². The second kappa shape index (κ2) is 5.06. The largest absolute Gasteiger partial charge is 0.354 e. The first kappa shape index (κ1) is 11.6. The van der Waals surface area contributed by atoms with E-state index in [0.717, 1.165) is 23.9 Å². The highest BCUT2D eigenvalue weighted by molar-refractivity contribution is 5.78. The van der Waals surface area contributed by atoms with Crippen molar-refractivity contribution in [1.82, 2.24) is 19.7 Å². The quantitative estimate of drug-likeness (QED) is 0.773. The molecule has 0 unspecified atom stereocenters. The van der Waals surface area contributed by atoms with Crippen LogP contribution in [0.15, 0.2) is 42.7 Å². The third kappa shape index (κ3) is 2.54. The standard InChI is InChI=1S/C14H15N5/c1-19-12(7-9-17-19)6-8-15-14-16-10-11-4-2-3-5-13(11)18-14/h2-5,7,9-10H,6,8H2,1H3,(H,15,16,18). The summed E-state index contributed by atoms with van der Waals surface area (Å²) in [7, 11) is 1.95. The van der Waals surface area contributed by atoms with Gasteiger partial charge in [0.05, 0.1) is 5.52 Å². The highest BCUT2D eigenvalue weighted by atomic mass is 15.3. The lowest BCUT2D eigenvalue weighted by Crippen LogP contribution is -2.10. The van der Waals surface area contributed by atoms with Gasteiger partial charge in [0.2, 0.25) is 5.95 Å². The lowest BCUT2D eigenvalue weighted by atomic mass is 10.2. The van der Waals surface area contributed by atoms with Crippen LogP contribution in [0.3, 0.4) is 0 Å². The SMILES string of the molecule is Cn1nccc1CCNc1ncc2ccccc2n1. The number of aromatic nitrogens is 4. The molecule has 0 bridgehead atoms. The molecule has 0 fully saturated rings. The molecule has 0 aliphatic rings. The Morgan fingerprint density at radius 1 is 1.21 bits per heavy atom. The molecule has 1 aromatic carbocycles. The summed E-state index contributed by atoms with van der Waals surface area (Å²) >= 11 is 0. The molecule has 0 spiro atoms. The number of benzene rings is 1. The summed E-state index contributed by atoms with van der Waals surface area (Å²) in [6.07, 6.45) is 4.54. The van der Waals surface area contributed by atoms with Gasteiger partial charge in [0.1, 0.15) is 0 Å². The average molecular weight is 253 g/mol. The molecule has 3 rings (SSSR count). The number of hydrogen-bond acceptors (Lipinski definition) is 4. The van der Waals surface area contributed by atoms with E-state index in [1.54, 1.807) is 0 Å². The van der Waals surface area contributed by atoms with Gasteiger partial charge in [-0.05, 0) is 12.1 Å². The van der Waals surface area contributed by atoms with Crippen molar-refractivity contribution in [1.29, 1.82) is 0 Å². The minimum atomic E-state index is 0.667. The van der Waals surface area contributed by atoms with Crippen LogP contribution < -0.4 is 5.32 Å². The first-order valence-electron chi connectivity index (χ1n) is 6.25. The third-order valence-corrected chi connectivity index (χ3v) is 3.08. The maximum atomic E-state index is 4.47. The number of fused-ring (bicyclic) bond motifs is 1. The third-order valence-electron chi connectivity index (χ3n) is 3.08. The Morgan fingerprint density at radius 2 is 2.11 bits per heavy atom. The van der Waals surface area contributed by atoms with Gasteiger partial charge in [-0.2, -0.15) is 5.10 Å². The lowest BCUT2D eigenvalue weighted by Gasteiger charge is -2.06. The fourth-order valence-electron chi connectivity index (χ4n) is 2.01. The maximum absolute atomic E-state index is 4.47. The van der Waals surface area contributed by atoms with E-state index in [-0.39, 0.29) is 0 Å². The summed E-state index contributed by atoms with van der Waals surface area (Å²) in [4.78, 5) is 8.78. The zero-order chi connectivity index (χ0) is 13.1. The molecule has 19 heavy (non-hydrogen) atoms. The zero-order valence-electron chi connectivity index (χ0n) is 10.7. The summed E-state index contributed by atoms with van der Waals surface area (Å²) in [6, 6.07) is 9.98. The number of nitrogens with zero attached hydrogens (tertiary/aromatic N) is 4. The molecule has 0 aliphatic carbocycles. The summed E-state index contributed by atoms with van der Waals surface area (Å²) in [5.74, 6) is 0.667. The molecule has 5 nitrogen and oxygen atoms in total. The lowest BCUT2D eigenvalue weighted by molar-refractivity contribution is 0.710. The Labute approximate surface area is 111 Å². The van der Waals surface area contributed by atoms with Crippen molar-refractivity contribution in [2.45, 2.75) is 6.42 Å². The number of anilines is 1. The predicted octanol–water partition coefficient (Wildman–Crippen LogP) is 2.02. The van der Waals surface area contributed by atoms with Gasteiger partial charge in [-0.15, -0.1) is 0 Å². The van der Waals surface area contributed by atoms with Crippen LogP contribution in [0.4, 0.5) is 5.95 Å². The van der Waals surface area contributed by atoms with Crippen LogP contribution in [0.2, 0.25) is 0 Å². The number of para-hydroxylation sites is 1. The summed E-state index contributed by atoms with van der Waals surface area (Å²) < 4.78 is 1.88. The molecule has 5 heteroatoms. The molecule has 0 saturated carbocycles. The molecular weight excluding hydrogens is 238 g/mol. The molecule has 2 aromatic heterocycles. The summed E-state index contributed by atoms with van der Waals surface area (Å²) in [5.41, 5.74) is 2.15. The van der Waals surface area contributed by atoms with Crippen molar-refractivity contribution in [3.8, 4) is 0 Å².